The predicted molar refractivity (Wildman–Crippen MR) is 99.7 cm³/mol. The zero-order chi connectivity index (χ0) is 16.2. The van der Waals surface area contributed by atoms with E-state index in [2.05, 4.69) is 63.6 Å². The van der Waals surface area contributed by atoms with Gasteiger partial charge >= 0.3 is 0 Å². The van der Waals surface area contributed by atoms with Crippen LogP contribution in [0, 0.1) is 0 Å². The van der Waals surface area contributed by atoms with E-state index in [1.54, 1.807) is 0 Å². The normalized spacial score (nSPS) is 17.1. The number of unbranched alkanes of at least 4 members (excludes halogenated alkanes) is 1. The Bertz CT molecular complexity index is 637. The van der Waals surface area contributed by atoms with E-state index in [9.17, 15) is 0 Å². The predicted octanol–water partition coefficient (Wildman–Crippen LogP) is 3.99. The molecule has 0 saturated carbocycles. The molecule has 0 spiro atoms. The second kappa shape index (κ2) is 7.24. The molecule has 1 saturated heterocycles. The molecule has 0 atom stereocenters. The van der Waals surface area contributed by atoms with Gasteiger partial charge in [-0.25, -0.2) is 0 Å². The van der Waals surface area contributed by atoms with Gasteiger partial charge in [-0.1, -0.05) is 24.3 Å². The van der Waals surface area contributed by atoms with Gasteiger partial charge in [-0.3, -0.25) is 4.90 Å². The third-order valence-electron chi connectivity index (χ3n) is 4.87. The largest absolute Gasteiger partial charge is 0.379 e. The molecule has 1 N–H and O–H groups in total. The molecular formula is C20H25N3O. The van der Waals surface area contributed by atoms with Crippen LogP contribution in [-0.2, 0) is 4.74 Å². The fourth-order valence-corrected chi connectivity index (χ4v) is 3.58. The molecule has 0 aromatic heterocycles. The van der Waals surface area contributed by atoms with E-state index in [1.807, 2.05) is 0 Å². The van der Waals surface area contributed by atoms with Crippen molar-refractivity contribution in [2.24, 2.45) is 0 Å². The van der Waals surface area contributed by atoms with Crippen LogP contribution in [0.3, 0.4) is 0 Å². The minimum atomic E-state index is 0.887. The Kier molecular flexibility index (Phi) is 4.67. The zero-order valence-electron chi connectivity index (χ0n) is 14.1. The Morgan fingerprint density at radius 1 is 0.792 bits per heavy atom. The molecule has 0 amide bonds. The summed E-state index contributed by atoms with van der Waals surface area (Å²) in [5.41, 5.74) is 4.96. The molecule has 0 aliphatic carbocycles. The summed E-state index contributed by atoms with van der Waals surface area (Å²) < 4.78 is 5.42. The molecular weight excluding hydrogens is 298 g/mol. The SMILES string of the molecule is c1ccc2c(c1)Nc1ccccc1N2CCCCN1CCOCC1. The minimum Gasteiger partial charge on any atom is -0.379 e. The maximum Gasteiger partial charge on any atom is 0.0650 e. The molecule has 2 aromatic rings. The molecule has 1 fully saturated rings. The lowest BCUT2D eigenvalue weighted by Crippen LogP contribution is -2.37. The fraction of sp³-hybridized carbons (Fsp3) is 0.400. The molecule has 24 heavy (non-hydrogen) atoms. The number of ether oxygens (including phenoxy) is 1. The molecule has 0 unspecified atom stereocenters. The number of para-hydroxylation sites is 4. The summed E-state index contributed by atoms with van der Waals surface area (Å²) in [5.74, 6) is 0. The van der Waals surface area contributed by atoms with Crippen molar-refractivity contribution in [1.29, 1.82) is 0 Å². The Morgan fingerprint density at radius 3 is 2.04 bits per heavy atom. The molecule has 4 nitrogen and oxygen atoms in total. The first kappa shape index (κ1) is 15.5. The lowest BCUT2D eigenvalue weighted by molar-refractivity contribution is 0.0373. The highest BCUT2D eigenvalue weighted by molar-refractivity contribution is 5.91. The van der Waals surface area contributed by atoms with Crippen molar-refractivity contribution >= 4 is 22.7 Å². The summed E-state index contributed by atoms with van der Waals surface area (Å²) in [6.07, 6.45) is 2.42. The number of morpholine rings is 1. The zero-order valence-corrected chi connectivity index (χ0v) is 14.1. The molecule has 4 heteroatoms. The standard InChI is InChI=1S/C20H25N3O/c1-3-9-19-17(7-1)21-18-8-2-4-10-20(18)23(19)12-6-5-11-22-13-15-24-16-14-22/h1-4,7-10,21H,5-6,11-16H2. The fourth-order valence-electron chi connectivity index (χ4n) is 3.58. The van der Waals surface area contributed by atoms with Crippen LogP contribution in [0.25, 0.3) is 0 Å². The van der Waals surface area contributed by atoms with E-state index in [-0.39, 0.29) is 0 Å². The van der Waals surface area contributed by atoms with Gasteiger partial charge in [-0.2, -0.15) is 0 Å². The Labute approximate surface area is 144 Å². The summed E-state index contributed by atoms with van der Waals surface area (Å²) in [5, 5.41) is 3.55. The maximum absolute atomic E-state index is 5.42. The summed E-state index contributed by atoms with van der Waals surface area (Å²) in [4.78, 5) is 4.98. The number of nitrogens with one attached hydrogen (secondary N) is 1. The van der Waals surface area contributed by atoms with Gasteiger partial charge in [0.2, 0.25) is 0 Å². The van der Waals surface area contributed by atoms with Crippen molar-refractivity contribution in [1.82, 2.24) is 4.90 Å². The number of hydrogen-bond donors (Lipinski definition) is 1. The van der Waals surface area contributed by atoms with Crippen molar-refractivity contribution in [3.8, 4) is 0 Å². The summed E-state index contributed by atoms with van der Waals surface area (Å²) in [7, 11) is 0. The van der Waals surface area contributed by atoms with Crippen LogP contribution in [0.2, 0.25) is 0 Å². The molecule has 2 aliphatic heterocycles. The number of nitrogens with zero attached hydrogens (tertiary/aromatic N) is 2. The summed E-state index contributed by atoms with van der Waals surface area (Å²) >= 11 is 0. The number of rotatable bonds is 5. The van der Waals surface area contributed by atoms with Crippen LogP contribution in [0.4, 0.5) is 22.7 Å². The second-order valence-corrected chi connectivity index (χ2v) is 6.47. The average Bonchev–Trinajstić information content (AvgIpc) is 2.65. The van der Waals surface area contributed by atoms with Gasteiger partial charge in [0, 0.05) is 19.6 Å². The van der Waals surface area contributed by atoms with Crippen molar-refractivity contribution in [2.45, 2.75) is 12.8 Å². The summed E-state index contributed by atoms with van der Waals surface area (Å²) in [6.45, 7) is 6.18. The van der Waals surface area contributed by atoms with Gasteiger partial charge in [0.15, 0.2) is 0 Å². The van der Waals surface area contributed by atoms with Crippen LogP contribution in [-0.4, -0.2) is 44.3 Å². The molecule has 2 heterocycles. The van der Waals surface area contributed by atoms with Crippen LogP contribution in [0.15, 0.2) is 48.5 Å². The summed E-state index contributed by atoms with van der Waals surface area (Å²) in [6, 6.07) is 17.2. The van der Waals surface area contributed by atoms with Crippen molar-refractivity contribution in [2.75, 3.05) is 49.6 Å². The highest BCUT2D eigenvalue weighted by atomic mass is 16.5. The minimum absolute atomic E-state index is 0.887. The number of fused-ring (bicyclic) bond motifs is 2. The third-order valence-corrected chi connectivity index (χ3v) is 4.87. The third kappa shape index (κ3) is 3.25. The van der Waals surface area contributed by atoms with E-state index in [1.165, 1.54) is 42.1 Å². The Balaban J connectivity index is 1.42. The molecule has 126 valence electrons. The van der Waals surface area contributed by atoms with Gasteiger partial charge in [-0.15, -0.1) is 0 Å². The Morgan fingerprint density at radius 2 is 1.38 bits per heavy atom. The molecule has 0 bridgehead atoms. The van der Waals surface area contributed by atoms with Gasteiger partial charge in [0.1, 0.15) is 0 Å². The number of anilines is 4. The van der Waals surface area contributed by atoms with Gasteiger partial charge < -0.3 is 15.0 Å². The lowest BCUT2D eigenvalue weighted by Gasteiger charge is -2.34. The van der Waals surface area contributed by atoms with E-state index in [4.69, 9.17) is 4.74 Å². The van der Waals surface area contributed by atoms with E-state index in [0.717, 1.165) is 32.8 Å². The van der Waals surface area contributed by atoms with Crippen LogP contribution in [0.1, 0.15) is 12.8 Å². The monoisotopic (exact) mass is 323 g/mol. The van der Waals surface area contributed by atoms with Gasteiger partial charge in [0.05, 0.1) is 36.0 Å². The number of benzene rings is 2. The van der Waals surface area contributed by atoms with Crippen LogP contribution >= 0.6 is 0 Å². The van der Waals surface area contributed by atoms with E-state index in [0.29, 0.717) is 0 Å². The average molecular weight is 323 g/mol. The Hall–Kier alpha value is -2.04. The molecule has 2 aliphatic rings. The van der Waals surface area contributed by atoms with Gasteiger partial charge in [-0.05, 0) is 43.7 Å². The first-order chi connectivity index (χ1) is 11.9. The molecule has 4 rings (SSSR count). The first-order valence-electron chi connectivity index (χ1n) is 8.94. The number of hydrogen-bond acceptors (Lipinski definition) is 4. The smallest absolute Gasteiger partial charge is 0.0650 e. The molecule has 0 radical (unpaired) electrons. The quantitative estimate of drug-likeness (QED) is 0.842. The van der Waals surface area contributed by atoms with Crippen molar-refractivity contribution < 1.29 is 4.74 Å². The van der Waals surface area contributed by atoms with Crippen LogP contribution in [0.5, 0.6) is 0 Å². The topological polar surface area (TPSA) is 27.7 Å². The van der Waals surface area contributed by atoms with Crippen LogP contribution < -0.4 is 10.2 Å². The van der Waals surface area contributed by atoms with Gasteiger partial charge in [0.25, 0.3) is 0 Å². The molecule has 2 aromatic carbocycles. The highest BCUT2D eigenvalue weighted by Gasteiger charge is 2.21. The van der Waals surface area contributed by atoms with Crippen molar-refractivity contribution in [3.05, 3.63) is 48.5 Å². The van der Waals surface area contributed by atoms with E-state index >= 15 is 0 Å². The maximum atomic E-state index is 5.42. The lowest BCUT2D eigenvalue weighted by atomic mass is 10.1. The highest BCUT2D eigenvalue weighted by Crippen LogP contribution is 2.43. The second-order valence-electron chi connectivity index (χ2n) is 6.47. The van der Waals surface area contributed by atoms with Crippen molar-refractivity contribution in [3.63, 3.8) is 0 Å². The first-order valence-corrected chi connectivity index (χ1v) is 8.94. The van der Waals surface area contributed by atoms with E-state index < -0.39 is 0 Å².